The normalized spacial score (nSPS) is 22.8. The van der Waals surface area contributed by atoms with Gasteiger partial charge in [0.1, 0.15) is 5.75 Å². The number of ether oxygens (including phenoxy) is 1. The van der Waals surface area contributed by atoms with Crippen LogP contribution < -0.4 is 4.74 Å². The number of halogens is 1. The van der Waals surface area contributed by atoms with Gasteiger partial charge < -0.3 is 9.64 Å². The van der Waals surface area contributed by atoms with Crippen molar-refractivity contribution in [2.75, 3.05) is 44.8 Å². The van der Waals surface area contributed by atoms with Gasteiger partial charge in [-0.15, -0.1) is 0 Å². The third-order valence-corrected chi connectivity index (χ3v) is 5.88. The van der Waals surface area contributed by atoms with Gasteiger partial charge in [0.2, 0.25) is 0 Å². The first-order valence-electron chi connectivity index (χ1n) is 7.63. The zero-order chi connectivity index (χ0) is 15.5. The van der Waals surface area contributed by atoms with Crippen LogP contribution >= 0.6 is 23.4 Å². The summed E-state index contributed by atoms with van der Waals surface area (Å²) < 4.78 is 5.19. The zero-order valence-corrected chi connectivity index (χ0v) is 14.3. The van der Waals surface area contributed by atoms with Crippen LogP contribution in [0, 0.1) is 0 Å². The molecule has 2 fully saturated rings. The van der Waals surface area contributed by atoms with Crippen molar-refractivity contribution < 1.29 is 9.53 Å². The monoisotopic (exact) mass is 340 g/mol. The van der Waals surface area contributed by atoms with E-state index in [9.17, 15) is 4.79 Å². The maximum absolute atomic E-state index is 12.6. The maximum atomic E-state index is 12.6. The topological polar surface area (TPSA) is 32.8 Å². The van der Waals surface area contributed by atoms with Crippen molar-refractivity contribution in [3.63, 3.8) is 0 Å². The van der Waals surface area contributed by atoms with E-state index < -0.39 is 0 Å². The summed E-state index contributed by atoms with van der Waals surface area (Å²) in [7, 11) is 1.56. The molecule has 2 aliphatic heterocycles. The van der Waals surface area contributed by atoms with E-state index >= 15 is 0 Å². The fourth-order valence-corrected chi connectivity index (χ4v) is 4.53. The van der Waals surface area contributed by atoms with Crippen LogP contribution in [0.25, 0.3) is 0 Å². The fraction of sp³-hybridized carbons (Fsp3) is 0.562. The molecule has 1 aromatic carbocycles. The fourth-order valence-electron chi connectivity index (χ4n) is 3.08. The maximum Gasteiger partial charge on any atom is 0.254 e. The molecule has 0 aromatic heterocycles. The summed E-state index contributed by atoms with van der Waals surface area (Å²) in [5.41, 5.74) is 0.645. The summed E-state index contributed by atoms with van der Waals surface area (Å²) in [5.74, 6) is 3.13. The Morgan fingerprint density at radius 3 is 2.73 bits per heavy atom. The van der Waals surface area contributed by atoms with Gasteiger partial charge in [0.25, 0.3) is 5.91 Å². The van der Waals surface area contributed by atoms with Gasteiger partial charge in [-0.1, -0.05) is 11.6 Å². The molecule has 1 aromatic rings. The molecular weight excluding hydrogens is 320 g/mol. The average molecular weight is 341 g/mol. The van der Waals surface area contributed by atoms with Crippen LogP contribution in [0.2, 0.25) is 5.02 Å². The minimum Gasteiger partial charge on any atom is -0.495 e. The van der Waals surface area contributed by atoms with Crippen LogP contribution in [0.3, 0.4) is 0 Å². The molecule has 22 heavy (non-hydrogen) atoms. The number of hydrogen-bond acceptors (Lipinski definition) is 4. The van der Waals surface area contributed by atoms with Gasteiger partial charge in [-0.3, -0.25) is 9.69 Å². The number of hydrogen-bond donors (Lipinski definition) is 0. The molecule has 3 rings (SSSR count). The molecule has 1 unspecified atom stereocenters. The molecule has 0 N–H and O–H groups in total. The standard InChI is InChI=1S/C16H21ClN2O2S/c1-21-15-10-12(2-3-14(15)17)16(20)19-7-5-18(6-8-19)13-4-9-22-11-13/h2-3,10,13H,4-9,11H2,1H3. The Morgan fingerprint density at radius 1 is 1.32 bits per heavy atom. The van der Waals surface area contributed by atoms with Crippen molar-refractivity contribution in [2.45, 2.75) is 12.5 Å². The number of amides is 1. The Bertz CT molecular complexity index is 541. The Labute approximate surface area is 140 Å². The van der Waals surface area contributed by atoms with Gasteiger partial charge in [-0.2, -0.15) is 11.8 Å². The van der Waals surface area contributed by atoms with Crippen molar-refractivity contribution in [1.82, 2.24) is 9.80 Å². The Morgan fingerprint density at radius 2 is 2.09 bits per heavy atom. The van der Waals surface area contributed by atoms with Crippen molar-refractivity contribution in [1.29, 1.82) is 0 Å². The van der Waals surface area contributed by atoms with Crippen LogP contribution in [0.4, 0.5) is 0 Å². The number of methoxy groups -OCH3 is 1. The minimum absolute atomic E-state index is 0.0652. The lowest BCUT2D eigenvalue weighted by atomic mass is 10.1. The summed E-state index contributed by atoms with van der Waals surface area (Å²) >= 11 is 8.06. The van der Waals surface area contributed by atoms with Crippen LogP contribution in [-0.2, 0) is 0 Å². The van der Waals surface area contributed by atoms with Gasteiger partial charge in [0.15, 0.2) is 0 Å². The molecular formula is C16H21ClN2O2S. The predicted octanol–water partition coefficient (Wildman–Crippen LogP) is 2.61. The first kappa shape index (κ1) is 16.0. The average Bonchev–Trinajstić information content (AvgIpc) is 3.09. The van der Waals surface area contributed by atoms with E-state index in [1.807, 2.05) is 16.7 Å². The predicted molar refractivity (Wildman–Crippen MR) is 91.2 cm³/mol. The molecule has 6 heteroatoms. The van der Waals surface area contributed by atoms with E-state index in [2.05, 4.69) is 4.90 Å². The number of thioether (sulfide) groups is 1. The lowest BCUT2D eigenvalue weighted by Crippen LogP contribution is -2.52. The van der Waals surface area contributed by atoms with Gasteiger partial charge in [0, 0.05) is 43.5 Å². The SMILES string of the molecule is COc1cc(C(=O)N2CCN(C3CCSC3)CC2)ccc1Cl. The lowest BCUT2D eigenvalue weighted by Gasteiger charge is -2.37. The second-order valence-electron chi connectivity index (χ2n) is 5.69. The van der Waals surface area contributed by atoms with E-state index in [0.717, 1.165) is 26.2 Å². The molecule has 0 saturated carbocycles. The van der Waals surface area contributed by atoms with E-state index in [1.165, 1.54) is 17.9 Å². The van der Waals surface area contributed by atoms with Crippen LogP contribution in [0.5, 0.6) is 5.75 Å². The van der Waals surface area contributed by atoms with E-state index in [1.54, 1.807) is 25.3 Å². The second kappa shape index (κ2) is 7.11. The van der Waals surface area contributed by atoms with Crippen LogP contribution in [0.1, 0.15) is 16.8 Å². The van der Waals surface area contributed by atoms with Crippen molar-refractivity contribution >= 4 is 29.3 Å². The second-order valence-corrected chi connectivity index (χ2v) is 7.25. The summed E-state index contributed by atoms with van der Waals surface area (Å²) in [6.45, 7) is 3.54. The van der Waals surface area contributed by atoms with Crippen molar-refractivity contribution in [2.24, 2.45) is 0 Å². The molecule has 0 aliphatic carbocycles. The molecule has 0 radical (unpaired) electrons. The van der Waals surface area contributed by atoms with Crippen molar-refractivity contribution in [3.05, 3.63) is 28.8 Å². The first-order valence-corrected chi connectivity index (χ1v) is 9.17. The highest BCUT2D eigenvalue weighted by atomic mass is 35.5. The number of piperazine rings is 1. The highest BCUT2D eigenvalue weighted by molar-refractivity contribution is 7.99. The first-order chi connectivity index (χ1) is 10.7. The molecule has 1 atom stereocenters. The van der Waals surface area contributed by atoms with Gasteiger partial charge in [-0.05, 0) is 30.4 Å². The van der Waals surface area contributed by atoms with Crippen LogP contribution in [0.15, 0.2) is 18.2 Å². The van der Waals surface area contributed by atoms with Gasteiger partial charge >= 0.3 is 0 Å². The number of carbonyl (C=O) groups excluding carboxylic acids is 1. The third-order valence-electron chi connectivity index (χ3n) is 4.42. The quantitative estimate of drug-likeness (QED) is 0.846. The molecule has 120 valence electrons. The number of rotatable bonds is 3. The Balaban J connectivity index is 1.62. The minimum atomic E-state index is 0.0652. The lowest BCUT2D eigenvalue weighted by molar-refractivity contribution is 0.0588. The summed E-state index contributed by atoms with van der Waals surface area (Å²) in [4.78, 5) is 17.1. The van der Waals surface area contributed by atoms with E-state index in [0.29, 0.717) is 22.4 Å². The van der Waals surface area contributed by atoms with E-state index in [-0.39, 0.29) is 5.91 Å². The largest absolute Gasteiger partial charge is 0.495 e. The van der Waals surface area contributed by atoms with E-state index in [4.69, 9.17) is 16.3 Å². The molecule has 4 nitrogen and oxygen atoms in total. The number of carbonyl (C=O) groups is 1. The molecule has 1 amide bonds. The smallest absolute Gasteiger partial charge is 0.254 e. The Hall–Kier alpha value is -0.910. The molecule has 2 aliphatic rings. The Kier molecular flexibility index (Phi) is 5.16. The molecule has 0 bridgehead atoms. The summed E-state index contributed by atoms with van der Waals surface area (Å²) in [5, 5.41) is 0.530. The summed E-state index contributed by atoms with van der Waals surface area (Å²) in [6.07, 6.45) is 1.28. The zero-order valence-electron chi connectivity index (χ0n) is 12.8. The molecule has 2 heterocycles. The number of nitrogens with zero attached hydrogens (tertiary/aromatic N) is 2. The van der Waals surface area contributed by atoms with Gasteiger partial charge in [-0.25, -0.2) is 0 Å². The molecule has 0 spiro atoms. The highest BCUT2D eigenvalue weighted by Gasteiger charge is 2.28. The highest BCUT2D eigenvalue weighted by Crippen LogP contribution is 2.26. The molecule has 2 saturated heterocycles. The number of benzene rings is 1. The van der Waals surface area contributed by atoms with Crippen LogP contribution in [-0.4, -0.2) is 66.5 Å². The van der Waals surface area contributed by atoms with Crippen molar-refractivity contribution in [3.8, 4) is 5.75 Å². The third kappa shape index (κ3) is 3.36. The summed E-state index contributed by atoms with van der Waals surface area (Å²) in [6, 6.07) is 5.93. The van der Waals surface area contributed by atoms with Gasteiger partial charge in [0.05, 0.1) is 12.1 Å².